The molecule has 4 aromatic rings. The molecule has 130 valence electrons. The first-order chi connectivity index (χ1) is 12.6. The maximum Gasteiger partial charge on any atom is 0.424 e. The molecule has 0 amide bonds. The lowest BCUT2D eigenvalue weighted by Gasteiger charge is -2.10. The summed E-state index contributed by atoms with van der Waals surface area (Å²) in [5, 5.41) is 0. The van der Waals surface area contributed by atoms with Crippen molar-refractivity contribution in [2.45, 2.75) is 13.5 Å². The number of pyridine rings is 1. The molecule has 0 radical (unpaired) electrons. The van der Waals surface area contributed by atoms with Crippen molar-refractivity contribution in [2.75, 3.05) is 0 Å². The Bertz CT molecular complexity index is 1130. The van der Waals surface area contributed by atoms with Crippen LogP contribution in [0.3, 0.4) is 0 Å². The third-order valence-electron chi connectivity index (χ3n) is 4.06. The number of para-hydroxylation sites is 1. The normalized spacial score (nSPS) is 11.0. The minimum Gasteiger partial charge on any atom is -0.473 e. The first-order valence-electron chi connectivity index (χ1n) is 8.08. The van der Waals surface area contributed by atoms with Gasteiger partial charge < -0.3 is 9.15 Å². The van der Waals surface area contributed by atoms with E-state index in [0.717, 1.165) is 10.0 Å². The molecule has 6 heteroatoms. The van der Waals surface area contributed by atoms with E-state index in [-0.39, 0.29) is 0 Å². The standard InChI is InChI=1S/C20H15BrN2O3/c1-13-16(23-17-9-5-8-15(21)19(17)26-20(23)24)10-11-18(22-13)25-12-14-6-3-2-4-7-14/h2-11H,12H2,1H3. The van der Waals surface area contributed by atoms with Crippen molar-refractivity contribution in [1.29, 1.82) is 0 Å². The van der Waals surface area contributed by atoms with Gasteiger partial charge in [-0.1, -0.05) is 36.4 Å². The van der Waals surface area contributed by atoms with Gasteiger partial charge in [0.15, 0.2) is 5.58 Å². The van der Waals surface area contributed by atoms with E-state index in [1.807, 2.05) is 61.5 Å². The Morgan fingerprint density at radius 2 is 1.88 bits per heavy atom. The molecule has 0 atom stereocenters. The quantitative estimate of drug-likeness (QED) is 0.492. The Labute approximate surface area is 158 Å². The number of rotatable bonds is 4. The molecule has 0 unspecified atom stereocenters. The van der Waals surface area contributed by atoms with Gasteiger partial charge in [-0.2, -0.15) is 0 Å². The molecule has 0 saturated heterocycles. The molecule has 5 nitrogen and oxygen atoms in total. The zero-order valence-electron chi connectivity index (χ0n) is 14.0. The van der Waals surface area contributed by atoms with Gasteiger partial charge in [0, 0.05) is 6.07 Å². The van der Waals surface area contributed by atoms with Crippen molar-refractivity contribution in [1.82, 2.24) is 9.55 Å². The lowest BCUT2D eigenvalue weighted by Crippen LogP contribution is -2.13. The monoisotopic (exact) mass is 410 g/mol. The minimum absolute atomic E-state index is 0.439. The summed E-state index contributed by atoms with van der Waals surface area (Å²) in [6.45, 7) is 2.28. The fraction of sp³-hybridized carbons (Fsp3) is 0.100. The predicted octanol–water partition coefficient (Wildman–Crippen LogP) is 4.63. The number of aromatic nitrogens is 2. The highest BCUT2D eigenvalue weighted by atomic mass is 79.9. The van der Waals surface area contributed by atoms with E-state index in [9.17, 15) is 4.79 Å². The van der Waals surface area contributed by atoms with Gasteiger partial charge in [-0.15, -0.1) is 0 Å². The van der Waals surface area contributed by atoms with E-state index in [4.69, 9.17) is 9.15 Å². The van der Waals surface area contributed by atoms with Gasteiger partial charge in [-0.3, -0.25) is 0 Å². The van der Waals surface area contributed by atoms with E-state index < -0.39 is 5.76 Å². The number of hydrogen-bond acceptors (Lipinski definition) is 4. The van der Waals surface area contributed by atoms with Crippen LogP contribution in [0.2, 0.25) is 0 Å². The number of nitrogens with zero attached hydrogens (tertiary/aromatic N) is 2. The third-order valence-corrected chi connectivity index (χ3v) is 4.69. The lowest BCUT2D eigenvalue weighted by molar-refractivity contribution is 0.293. The second-order valence-corrected chi connectivity index (χ2v) is 6.67. The highest BCUT2D eigenvalue weighted by molar-refractivity contribution is 9.10. The molecule has 26 heavy (non-hydrogen) atoms. The van der Waals surface area contributed by atoms with E-state index >= 15 is 0 Å². The average molecular weight is 411 g/mol. The Balaban J connectivity index is 1.68. The van der Waals surface area contributed by atoms with Crippen LogP contribution >= 0.6 is 15.9 Å². The maximum absolute atomic E-state index is 12.4. The summed E-state index contributed by atoms with van der Waals surface area (Å²) >= 11 is 3.41. The van der Waals surface area contributed by atoms with Gasteiger partial charge in [-0.05, 0) is 46.6 Å². The summed E-state index contributed by atoms with van der Waals surface area (Å²) in [6, 6.07) is 19.0. The Morgan fingerprint density at radius 1 is 1.08 bits per heavy atom. The number of oxazole rings is 1. The van der Waals surface area contributed by atoms with E-state index in [1.165, 1.54) is 4.57 Å². The highest BCUT2D eigenvalue weighted by Gasteiger charge is 2.15. The van der Waals surface area contributed by atoms with Gasteiger partial charge in [-0.25, -0.2) is 14.3 Å². The maximum atomic E-state index is 12.4. The second-order valence-electron chi connectivity index (χ2n) is 5.82. The molecular weight excluding hydrogens is 396 g/mol. The number of benzene rings is 2. The van der Waals surface area contributed by atoms with Crippen LogP contribution in [-0.2, 0) is 6.61 Å². The molecule has 0 aliphatic rings. The molecule has 0 aliphatic heterocycles. The molecule has 0 N–H and O–H groups in total. The smallest absolute Gasteiger partial charge is 0.424 e. The average Bonchev–Trinajstić information content (AvgIpc) is 2.98. The number of aryl methyl sites for hydroxylation is 1. The molecule has 2 aromatic carbocycles. The van der Waals surface area contributed by atoms with E-state index in [1.54, 1.807) is 6.07 Å². The number of ether oxygens (including phenoxy) is 1. The summed E-state index contributed by atoms with van der Waals surface area (Å²) in [4.78, 5) is 16.8. The molecule has 2 heterocycles. The zero-order chi connectivity index (χ0) is 18.1. The SMILES string of the molecule is Cc1nc(OCc2ccccc2)ccc1-n1c(=O)oc2c(Br)cccc21. The minimum atomic E-state index is -0.449. The molecule has 2 aromatic heterocycles. The van der Waals surface area contributed by atoms with Gasteiger partial charge in [0.2, 0.25) is 5.88 Å². The summed E-state index contributed by atoms with van der Waals surface area (Å²) in [5.41, 5.74) is 3.62. The van der Waals surface area contributed by atoms with Crippen molar-refractivity contribution >= 4 is 27.0 Å². The first-order valence-corrected chi connectivity index (χ1v) is 8.87. The summed E-state index contributed by atoms with van der Waals surface area (Å²) in [6.07, 6.45) is 0. The molecule has 0 spiro atoms. The zero-order valence-corrected chi connectivity index (χ0v) is 15.6. The molecule has 0 bridgehead atoms. The van der Waals surface area contributed by atoms with Gasteiger partial charge >= 0.3 is 5.76 Å². The van der Waals surface area contributed by atoms with Crippen molar-refractivity contribution < 1.29 is 9.15 Å². The topological polar surface area (TPSA) is 57.3 Å². The third kappa shape index (κ3) is 3.04. The van der Waals surface area contributed by atoms with Crippen LogP contribution in [0.25, 0.3) is 16.8 Å². The van der Waals surface area contributed by atoms with E-state index in [2.05, 4.69) is 20.9 Å². The van der Waals surface area contributed by atoms with Crippen LogP contribution in [-0.4, -0.2) is 9.55 Å². The van der Waals surface area contributed by atoms with Crippen LogP contribution in [0.15, 0.2) is 74.3 Å². The Morgan fingerprint density at radius 3 is 2.65 bits per heavy atom. The Kier molecular flexibility index (Phi) is 4.34. The summed E-state index contributed by atoms with van der Waals surface area (Å²) < 4.78 is 13.4. The first kappa shape index (κ1) is 16.6. The molecule has 0 fully saturated rings. The van der Waals surface area contributed by atoms with Crippen LogP contribution in [0.1, 0.15) is 11.3 Å². The van der Waals surface area contributed by atoms with Crippen molar-refractivity contribution in [3.05, 3.63) is 86.9 Å². The van der Waals surface area contributed by atoms with Crippen LogP contribution in [0, 0.1) is 6.92 Å². The largest absolute Gasteiger partial charge is 0.473 e. The molecule has 0 aliphatic carbocycles. The highest BCUT2D eigenvalue weighted by Crippen LogP contribution is 2.26. The Hall–Kier alpha value is -2.86. The van der Waals surface area contributed by atoms with Crippen LogP contribution < -0.4 is 10.5 Å². The summed E-state index contributed by atoms with van der Waals surface area (Å²) in [5.74, 6) is 0.0619. The van der Waals surface area contributed by atoms with E-state index in [0.29, 0.717) is 35.0 Å². The summed E-state index contributed by atoms with van der Waals surface area (Å²) in [7, 11) is 0. The van der Waals surface area contributed by atoms with Crippen LogP contribution in [0.5, 0.6) is 5.88 Å². The molecular formula is C20H15BrN2O3. The molecule has 0 saturated carbocycles. The van der Waals surface area contributed by atoms with Crippen molar-refractivity contribution in [2.24, 2.45) is 0 Å². The van der Waals surface area contributed by atoms with Gasteiger partial charge in [0.05, 0.1) is 21.4 Å². The van der Waals surface area contributed by atoms with Crippen LogP contribution in [0.4, 0.5) is 0 Å². The predicted molar refractivity (Wildman–Crippen MR) is 103 cm³/mol. The van der Waals surface area contributed by atoms with Gasteiger partial charge in [0.25, 0.3) is 0 Å². The molecule has 4 rings (SSSR count). The fourth-order valence-corrected chi connectivity index (χ4v) is 3.25. The van der Waals surface area contributed by atoms with Gasteiger partial charge in [0.1, 0.15) is 6.61 Å². The van der Waals surface area contributed by atoms with Crippen molar-refractivity contribution in [3.8, 4) is 11.6 Å². The second kappa shape index (κ2) is 6.80. The fourth-order valence-electron chi connectivity index (χ4n) is 2.81. The number of fused-ring (bicyclic) bond motifs is 1. The van der Waals surface area contributed by atoms with Crippen molar-refractivity contribution in [3.63, 3.8) is 0 Å². The number of hydrogen-bond donors (Lipinski definition) is 0. The number of halogens is 1. The lowest BCUT2D eigenvalue weighted by atomic mass is 10.2.